The number of amides is 1. The monoisotopic (exact) mass is 329 g/mol. The zero-order valence-corrected chi connectivity index (χ0v) is 14.2. The summed E-state index contributed by atoms with van der Waals surface area (Å²) in [4.78, 5) is 11.9. The first-order valence-corrected chi connectivity index (χ1v) is 7.56. The van der Waals surface area contributed by atoms with Gasteiger partial charge in [0.15, 0.2) is 11.6 Å². The van der Waals surface area contributed by atoms with Crippen LogP contribution >= 0.6 is 11.6 Å². The maximum absolute atomic E-state index is 14.2. The molecule has 122 valence electrons. The van der Waals surface area contributed by atoms with Crippen LogP contribution in [0, 0.1) is 5.82 Å². The Kier molecular flexibility index (Phi) is 4.30. The third kappa shape index (κ3) is 3.83. The normalized spacial score (nSPS) is 16.5. The number of anilines is 1. The Morgan fingerprint density at radius 2 is 2.09 bits per heavy atom. The molecule has 1 aliphatic heterocycles. The molecule has 6 heteroatoms. The van der Waals surface area contributed by atoms with Crippen molar-refractivity contribution in [1.29, 1.82) is 0 Å². The van der Waals surface area contributed by atoms with Gasteiger partial charge in [0.2, 0.25) is 0 Å². The average molecular weight is 330 g/mol. The van der Waals surface area contributed by atoms with Gasteiger partial charge in [0, 0.05) is 5.56 Å². The molecule has 22 heavy (non-hydrogen) atoms. The van der Waals surface area contributed by atoms with Gasteiger partial charge < -0.3 is 9.47 Å². The number of hydrogen-bond donors (Lipinski definition) is 1. The van der Waals surface area contributed by atoms with Gasteiger partial charge in [-0.15, -0.1) is 0 Å². The number of carbonyl (C=O) groups is 1. The molecule has 0 saturated heterocycles. The Morgan fingerprint density at radius 1 is 1.45 bits per heavy atom. The second-order valence-electron chi connectivity index (χ2n) is 7.01. The fourth-order valence-electron chi connectivity index (χ4n) is 2.26. The summed E-state index contributed by atoms with van der Waals surface area (Å²) >= 11 is 6.09. The second-order valence-corrected chi connectivity index (χ2v) is 7.42. The molecular weight excluding hydrogens is 309 g/mol. The molecule has 0 saturated carbocycles. The van der Waals surface area contributed by atoms with E-state index in [0.29, 0.717) is 17.0 Å². The first kappa shape index (κ1) is 16.9. The predicted octanol–water partition coefficient (Wildman–Crippen LogP) is 4.93. The fraction of sp³-hybridized carbons (Fsp3) is 0.562. The van der Waals surface area contributed by atoms with Crippen molar-refractivity contribution in [2.75, 3.05) is 5.32 Å². The third-order valence-corrected chi connectivity index (χ3v) is 3.60. The standard InChI is InChI=1S/C16H21ClFNO3/c1-15(2,3)22-14(20)19-12-11(18)8-10(17)9-6-7-16(4,5)21-13(9)12/h8H,6-7H2,1-5H3,(H,19,20). The molecule has 0 spiro atoms. The average Bonchev–Trinajstić information content (AvgIpc) is 2.30. The molecule has 1 aromatic rings. The Morgan fingerprint density at radius 3 is 2.68 bits per heavy atom. The lowest BCUT2D eigenvalue weighted by Crippen LogP contribution is -2.34. The molecule has 0 atom stereocenters. The quantitative estimate of drug-likeness (QED) is 0.794. The van der Waals surface area contributed by atoms with Crippen LogP contribution in [-0.2, 0) is 11.2 Å². The van der Waals surface area contributed by atoms with Crippen LogP contribution < -0.4 is 10.1 Å². The predicted molar refractivity (Wildman–Crippen MR) is 84.3 cm³/mol. The SMILES string of the molecule is CC(C)(C)OC(=O)Nc1c(F)cc(Cl)c2c1OC(C)(C)CC2. The van der Waals surface area contributed by atoms with E-state index < -0.39 is 23.1 Å². The summed E-state index contributed by atoms with van der Waals surface area (Å²) in [5, 5.41) is 2.74. The first-order valence-electron chi connectivity index (χ1n) is 7.18. The summed E-state index contributed by atoms with van der Waals surface area (Å²) in [7, 11) is 0. The van der Waals surface area contributed by atoms with Crippen LogP contribution in [0.5, 0.6) is 5.75 Å². The van der Waals surface area contributed by atoms with Crippen LogP contribution in [0.15, 0.2) is 6.07 Å². The lowest BCUT2D eigenvalue weighted by molar-refractivity contribution is 0.0626. The van der Waals surface area contributed by atoms with Crippen LogP contribution in [0.3, 0.4) is 0 Å². The molecule has 1 amide bonds. The molecule has 1 aromatic carbocycles. The summed E-state index contributed by atoms with van der Waals surface area (Å²) in [5.74, 6) is -0.362. The van der Waals surface area contributed by atoms with E-state index in [4.69, 9.17) is 21.1 Å². The minimum Gasteiger partial charge on any atom is -0.485 e. The van der Waals surface area contributed by atoms with Gasteiger partial charge in [-0.25, -0.2) is 9.18 Å². The minimum absolute atomic E-state index is 0.0265. The number of ether oxygens (including phenoxy) is 2. The maximum atomic E-state index is 14.2. The minimum atomic E-state index is -0.733. The van der Waals surface area contributed by atoms with E-state index in [1.807, 2.05) is 13.8 Å². The van der Waals surface area contributed by atoms with E-state index in [2.05, 4.69) is 5.32 Å². The molecule has 0 fully saturated rings. The molecule has 0 radical (unpaired) electrons. The number of carbonyl (C=O) groups excluding carboxylic acids is 1. The van der Waals surface area contributed by atoms with Crippen molar-refractivity contribution in [2.24, 2.45) is 0 Å². The summed E-state index contributed by atoms with van der Waals surface area (Å²) in [6.07, 6.45) is 0.685. The third-order valence-electron chi connectivity index (χ3n) is 3.26. The highest BCUT2D eigenvalue weighted by Gasteiger charge is 2.32. The van der Waals surface area contributed by atoms with Crippen LogP contribution in [0.2, 0.25) is 5.02 Å². The number of benzene rings is 1. The van der Waals surface area contributed by atoms with Crippen molar-refractivity contribution >= 4 is 23.4 Å². The van der Waals surface area contributed by atoms with Crippen LogP contribution in [0.25, 0.3) is 0 Å². The summed E-state index contributed by atoms with van der Waals surface area (Å²) in [5.41, 5.74) is -0.448. The Balaban J connectivity index is 2.38. The van der Waals surface area contributed by atoms with Gasteiger partial charge in [-0.05, 0) is 53.5 Å². The summed E-state index contributed by atoms with van der Waals surface area (Å²) in [6, 6.07) is 1.19. The first-order chi connectivity index (χ1) is 9.98. The maximum Gasteiger partial charge on any atom is 0.412 e. The fourth-order valence-corrected chi connectivity index (χ4v) is 2.54. The van der Waals surface area contributed by atoms with Crippen molar-refractivity contribution in [1.82, 2.24) is 0 Å². The molecule has 0 bridgehead atoms. The zero-order chi connectivity index (χ0) is 16.7. The van der Waals surface area contributed by atoms with Gasteiger partial charge in [-0.2, -0.15) is 0 Å². The molecule has 0 aliphatic carbocycles. The molecule has 0 aromatic heterocycles. The molecule has 1 heterocycles. The summed E-state index contributed by atoms with van der Waals surface area (Å²) in [6.45, 7) is 9.03. The molecular formula is C16H21ClFNO3. The van der Waals surface area contributed by atoms with Gasteiger partial charge in [0.25, 0.3) is 0 Å². The van der Waals surface area contributed by atoms with E-state index in [9.17, 15) is 9.18 Å². The highest BCUT2D eigenvalue weighted by atomic mass is 35.5. The van der Waals surface area contributed by atoms with E-state index in [1.54, 1.807) is 20.8 Å². The zero-order valence-electron chi connectivity index (χ0n) is 13.5. The Labute approximate surface area is 134 Å². The van der Waals surface area contributed by atoms with E-state index in [0.717, 1.165) is 6.42 Å². The van der Waals surface area contributed by atoms with E-state index in [-0.39, 0.29) is 11.4 Å². The smallest absolute Gasteiger partial charge is 0.412 e. The van der Waals surface area contributed by atoms with Gasteiger partial charge >= 0.3 is 6.09 Å². The topological polar surface area (TPSA) is 47.6 Å². The summed E-state index contributed by atoms with van der Waals surface area (Å²) < 4.78 is 25.3. The molecule has 4 nitrogen and oxygen atoms in total. The molecule has 1 aliphatic rings. The number of hydrogen-bond acceptors (Lipinski definition) is 3. The second kappa shape index (κ2) is 5.61. The van der Waals surface area contributed by atoms with Crippen molar-refractivity contribution in [3.8, 4) is 5.75 Å². The van der Waals surface area contributed by atoms with Crippen molar-refractivity contribution in [2.45, 2.75) is 58.7 Å². The van der Waals surface area contributed by atoms with Crippen LogP contribution in [0.1, 0.15) is 46.6 Å². The van der Waals surface area contributed by atoms with Gasteiger partial charge in [0.05, 0.1) is 5.02 Å². The number of rotatable bonds is 1. The lowest BCUT2D eigenvalue weighted by Gasteiger charge is -2.34. The van der Waals surface area contributed by atoms with Crippen molar-refractivity contribution in [3.05, 3.63) is 22.5 Å². The van der Waals surface area contributed by atoms with Gasteiger partial charge in [-0.1, -0.05) is 11.6 Å². The molecule has 0 unspecified atom stereocenters. The van der Waals surface area contributed by atoms with Crippen molar-refractivity contribution < 1.29 is 18.7 Å². The Hall–Kier alpha value is -1.49. The van der Waals surface area contributed by atoms with Crippen molar-refractivity contribution in [3.63, 3.8) is 0 Å². The van der Waals surface area contributed by atoms with Gasteiger partial charge in [-0.3, -0.25) is 5.32 Å². The lowest BCUT2D eigenvalue weighted by atomic mass is 9.93. The molecule has 1 N–H and O–H groups in total. The van der Waals surface area contributed by atoms with Crippen LogP contribution in [0.4, 0.5) is 14.9 Å². The molecule has 2 rings (SSSR count). The van der Waals surface area contributed by atoms with E-state index >= 15 is 0 Å². The van der Waals surface area contributed by atoms with Gasteiger partial charge in [0.1, 0.15) is 16.9 Å². The highest BCUT2D eigenvalue weighted by molar-refractivity contribution is 6.31. The largest absolute Gasteiger partial charge is 0.485 e. The van der Waals surface area contributed by atoms with E-state index in [1.165, 1.54) is 6.07 Å². The number of halogens is 2. The van der Waals surface area contributed by atoms with Crippen LogP contribution in [-0.4, -0.2) is 17.3 Å². The number of nitrogens with one attached hydrogen (secondary N) is 1. The Bertz CT molecular complexity index is 608. The number of fused-ring (bicyclic) bond motifs is 1. The highest BCUT2D eigenvalue weighted by Crippen LogP contribution is 2.43.